The second-order valence-electron chi connectivity index (χ2n) is 5.82. The van der Waals surface area contributed by atoms with E-state index in [-0.39, 0.29) is 0 Å². The largest absolute Gasteiger partial charge is 0.309 e. The van der Waals surface area contributed by atoms with E-state index >= 15 is 0 Å². The van der Waals surface area contributed by atoms with Gasteiger partial charge in [-0.15, -0.1) is 0 Å². The third-order valence-electron chi connectivity index (χ3n) is 4.24. The number of nitrogens with one attached hydrogen (secondary N) is 1. The summed E-state index contributed by atoms with van der Waals surface area (Å²) in [6.07, 6.45) is 5.96. The first-order valence-corrected chi connectivity index (χ1v) is 7.71. The first-order chi connectivity index (χ1) is 10.3. The van der Waals surface area contributed by atoms with Crippen LogP contribution in [0.3, 0.4) is 0 Å². The standard InChI is InChI=1S/C18H23N3/c1-21(13-9-15-6-10-19-11-7-15)14-18-17-5-3-2-4-16(17)8-12-20-18/h2-7,10-11,18,20H,8-9,12-14H2,1H3. The maximum atomic E-state index is 4.07. The third-order valence-corrected chi connectivity index (χ3v) is 4.24. The smallest absolute Gasteiger partial charge is 0.0452 e. The number of fused-ring (bicyclic) bond motifs is 1. The molecule has 2 heterocycles. The summed E-state index contributed by atoms with van der Waals surface area (Å²) in [6, 6.07) is 13.5. The number of nitrogens with zero attached hydrogens (tertiary/aromatic N) is 2. The number of pyridine rings is 1. The summed E-state index contributed by atoms with van der Waals surface area (Å²) in [6.45, 7) is 3.21. The number of benzene rings is 1. The molecule has 0 saturated heterocycles. The number of hydrogen-bond acceptors (Lipinski definition) is 3. The Morgan fingerprint density at radius 3 is 2.86 bits per heavy atom. The fraction of sp³-hybridized carbons (Fsp3) is 0.389. The molecule has 110 valence electrons. The molecule has 1 aliphatic heterocycles. The Morgan fingerprint density at radius 2 is 2.00 bits per heavy atom. The van der Waals surface area contributed by atoms with Crippen molar-refractivity contribution in [3.63, 3.8) is 0 Å². The van der Waals surface area contributed by atoms with Gasteiger partial charge >= 0.3 is 0 Å². The van der Waals surface area contributed by atoms with Gasteiger partial charge in [-0.25, -0.2) is 0 Å². The van der Waals surface area contributed by atoms with Crippen LogP contribution in [-0.4, -0.2) is 36.6 Å². The molecule has 0 bridgehead atoms. The van der Waals surface area contributed by atoms with Crippen molar-refractivity contribution in [2.75, 3.05) is 26.7 Å². The van der Waals surface area contributed by atoms with E-state index in [0.29, 0.717) is 6.04 Å². The van der Waals surface area contributed by atoms with Crippen molar-refractivity contribution in [2.45, 2.75) is 18.9 Å². The number of aromatic nitrogens is 1. The summed E-state index contributed by atoms with van der Waals surface area (Å²) >= 11 is 0. The first kappa shape index (κ1) is 14.2. The van der Waals surface area contributed by atoms with Gasteiger partial charge in [0.2, 0.25) is 0 Å². The maximum absolute atomic E-state index is 4.07. The van der Waals surface area contributed by atoms with E-state index in [1.807, 2.05) is 12.4 Å². The Labute approximate surface area is 127 Å². The van der Waals surface area contributed by atoms with E-state index in [1.165, 1.54) is 16.7 Å². The molecule has 0 fully saturated rings. The van der Waals surface area contributed by atoms with Gasteiger partial charge < -0.3 is 10.2 Å². The Balaban J connectivity index is 1.57. The van der Waals surface area contributed by atoms with Crippen LogP contribution in [0.4, 0.5) is 0 Å². The van der Waals surface area contributed by atoms with E-state index in [9.17, 15) is 0 Å². The molecule has 1 aromatic heterocycles. The van der Waals surface area contributed by atoms with Crippen LogP contribution in [0.25, 0.3) is 0 Å². The van der Waals surface area contributed by atoms with Gasteiger partial charge in [-0.05, 0) is 55.3 Å². The van der Waals surface area contributed by atoms with Gasteiger partial charge in [0.15, 0.2) is 0 Å². The van der Waals surface area contributed by atoms with Crippen LogP contribution >= 0.6 is 0 Å². The van der Waals surface area contributed by atoms with E-state index < -0.39 is 0 Å². The molecule has 1 aliphatic rings. The molecular formula is C18H23N3. The zero-order valence-corrected chi connectivity index (χ0v) is 12.6. The summed E-state index contributed by atoms with van der Waals surface area (Å²) in [4.78, 5) is 6.48. The van der Waals surface area contributed by atoms with Gasteiger partial charge in [-0.1, -0.05) is 24.3 Å². The van der Waals surface area contributed by atoms with Crippen molar-refractivity contribution >= 4 is 0 Å². The van der Waals surface area contributed by atoms with Crippen LogP contribution in [0.15, 0.2) is 48.8 Å². The van der Waals surface area contributed by atoms with Crippen LogP contribution in [0.2, 0.25) is 0 Å². The minimum absolute atomic E-state index is 0.456. The Bertz CT molecular complexity index is 568. The highest BCUT2D eigenvalue weighted by Gasteiger charge is 2.20. The molecule has 0 saturated carbocycles. The summed E-state index contributed by atoms with van der Waals surface area (Å²) < 4.78 is 0. The van der Waals surface area contributed by atoms with Crippen molar-refractivity contribution in [3.05, 3.63) is 65.5 Å². The van der Waals surface area contributed by atoms with Crippen molar-refractivity contribution in [2.24, 2.45) is 0 Å². The van der Waals surface area contributed by atoms with E-state index in [0.717, 1.165) is 32.5 Å². The lowest BCUT2D eigenvalue weighted by Crippen LogP contribution is -2.38. The van der Waals surface area contributed by atoms with Gasteiger partial charge in [0, 0.05) is 31.5 Å². The molecule has 21 heavy (non-hydrogen) atoms. The lowest BCUT2D eigenvalue weighted by molar-refractivity contribution is 0.288. The second-order valence-corrected chi connectivity index (χ2v) is 5.82. The molecule has 0 radical (unpaired) electrons. The average Bonchev–Trinajstić information content (AvgIpc) is 2.54. The lowest BCUT2D eigenvalue weighted by Gasteiger charge is -2.30. The lowest BCUT2D eigenvalue weighted by atomic mass is 9.94. The monoisotopic (exact) mass is 281 g/mol. The minimum atomic E-state index is 0.456. The zero-order chi connectivity index (χ0) is 14.5. The van der Waals surface area contributed by atoms with Crippen molar-refractivity contribution in [3.8, 4) is 0 Å². The molecule has 3 heteroatoms. The third kappa shape index (κ3) is 3.69. The predicted octanol–water partition coefficient (Wildman–Crippen LogP) is 2.44. The fourth-order valence-corrected chi connectivity index (χ4v) is 3.03. The SMILES string of the molecule is CN(CCc1ccncc1)CC1NCCc2ccccc21. The minimum Gasteiger partial charge on any atom is -0.309 e. The average molecular weight is 281 g/mol. The quantitative estimate of drug-likeness (QED) is 0.912. The molecule has 1 unspecified atom stereocenters. The highest BCUT2D eigenvalue weighted by atomic mass is 15.1. The molecule has 0 amide bonds. The molecule has 1 aromatic carbocycles. The topological polar surface area (TPSA) is 28.2 Å². The van der Waals surface area contributed by atoms with Crippen LogP contribution in [0, 0.1) is 0 Å². The molecular weight excluding hydrogens is 258 g/mol. The van der Waals surface area contributed by atoms with E-state index in [4.69, 9.17) is 0 Å². The highest BCUT2D eigenvalue weighted by Crippen LogP contribution is 2.23. The van der Waals surface area contributed by atoms with Crippen LogP contribution in [0.5, 0.6) is 0 Å². The van der Waals surface area contributed by atoms with Crippen LogP contribution in [0.1, 0.15) is 22.7 Å². The van der Waals surface area contributed by atoms with Gasteiger partial charge in [-0.2, -0.15) is 0 Å². The maximum Gasteiger partial charge on any atom is 0.0452 e. The van der Waals surface area contributed by atoms with E-state index in [2.05, 4.69) is 58.6 Å². The summed E-state index contributed by atoms with van der Waals surface area (Å²) in [5, 5.41) is 3.65. The summed E-state index contributed by atoms with van der Waals surface area (Å²) in [7, 11) is 2.21. The van der Waals surface area contributed by atoms with Gasteiger partial charge in [-0.3, -0.25) is 4.98 Å². The Morgan fingerprint density at radius 1 is 1.19 bits per heavy atom. The molecule has 0 aliphatic carbocycles. The van der Waals surface area contributed by atoms with E-state index in [1.54, 1.807) is 0 Å². The second kappa shape index (κ2) is 6.83. The van der Waals surface area contributed by atoms with Crippen molar-refractivity contribution < 1.29 is 0 Å². The number of hydrogen-bond donors (Lipinski definition) is 1. The molecule has 3 rings (SSSR count). The van der Waals surface area contributed by atoms with Crippen LogP contribution < -0.4 is 5.32 Å². The molecule has 0 spiro atoms. The predicted molar refractivity (Wildman–Crippen MR) is 86.3 cm³/mol. The van der Waals surface area contributed by atoms with Crippen molar-refractivity contribution in [1.29, 1.82) is 0 Å². The van der Waals surface area contributed by atoms with Gasteiger partial charge in [0.25, 0.3) is 0 Å². The fourth-order valence-electron chi connectivity index (χ4n) is 3.03. The van der Waals surface area contributed by atoms with Gasteiger partial charge in [0.1, 0.15) is 0 Å². The first-order valence-electron chi connectivity index (χ1n) is 7.71. The Kier molecular flexibility index (Phi) is 4.63. The normalized spacial score (nSPS) is 17.7. The molecule has 2 aromatic rings. The zero-order valence-electron chi connectivity index (χ0n) is 12.6. The molecule has 3 nitrogen and oxygen atoms in total. The molecule has 1 N–H and O–H groups in total. The van der Waals surface area contributed by atoms with Crippen molar-refractivity contribution in [1.82, 2.24) is 15.2 Å². The number of likely N-dealkylation sites (N-methyl/N-ethyl adjacent to an activating group) is 1. The van der Waals surface area contributed by atoms with Gasteiger partial charge in [0.05, 0.1) is 0 Å². The summed E-state index contributed by atoms with van der Waals surface area (Å²) in [5.74, 6) is 0. The van der Waals surface area contributed by atoms with Crippen LogP contribution in [-0.2, 0) is 12.8 Å². The highest BCUT2D eigenvalue weighted by molar-refractivity contribution is 5.32. The molecule has 1 atom stereocenters. The number of rotatable bonds is 5. The summed E-state index contributed by atoms with van der Waals surface area (Å²) in [5.41, 5.74) is 4.33. The Hall–Kier alpha value is -1.71.